The van der Waals surface area contributed by atoms with Crippen LogP contribution in [0.15, 0.2) is 57.6 Å². The fraction of sp³-hybridized carbons (Fsp3) is 0.286. The quantitative estimate of drug-likeness (QED) is 0.561. The van der Waals surface area contributed by atoms with Crippen LogP contribution in [0, 0.1) is 0 Å². The zero-order valence-corrected chi connectivity index (χ0v) is 17.2. The molecule has 0 atom stereocenters. The molecule has 0 bridgehead atoms. The lowest BCUT2D eigenvalue weighted by molar-refractivity contribution is 0.0586. The van der Waals surface area contributed by atoms with Crippen molar-refractivity contribution in [2.24, 2.45) is 0 Å². The van der Waals surface area contributed by atoms with Gasteiger partial charge in [-0.3, -0.25) is 9.69 Å². The van der Waals surface area contributed by atoms with Crippen LogP contribution in [0.4, 0.5) is 0 Å². The lowest BCUT2D eigenvalue weighted by Gasteiger charge is -2.33. The number of amides is 1. The summed E-state index contributed by atoms with van der Waals surface area (Å²) in [6.45, 7) is 3.77. The summed E-state index contributed by atoms with van der Waals surface area (Å²) >= 11 is 12.1. The predicted octanol–water partition coefficient (Wildman–Crippen LogP) is 4.72. The maximum Gasteiger partial charge on any atom is 0.289 e. The molecule has 1 amide bonds. The second-order valence-corrected chi connectivity index (χ2v) is 7.54. The SMILES string of the molecule is O=C(c1ccc(COc2cccc(Cl)c2Cl)o1)N1CCN(Cc2ccco2)CC1. The zero-order chi connectivity index (χ0) is 20.2. The highest BCUT2D eigenvalue weighted by molar-refractivity contribution is 6.42. The predicted molar refractivity (Wildman–Crippen MR) is 109 cm³/mol. The Morgan fingerprint density at radius 3 is 2.59 bits per heavy atom. The normalized spacial score (nSPS) is 14.9. The van der Waals surface area contributed by atoms with E-state index < -0.39 is 0 Å². The monoisotopic (exact) mass is 434 g/mol. The molecule has 1 fully saturated rings. The number of nitrogens with zero attached hydrogens (tertiary/aromatic N) is 2. The van der Waals surface area contributed by atoms with Gasteiger partial charge in [-0.15, -0.1) is 0 Å². The van der Waals surface area contributed by atoms with E-state index in [1.165, 1.54) is 0 Å². The Balaban J connectivity index is 1.30. The number of hydrogen-bond donors (Lipinski definition) is 0. The van der Waals surface area contributed by atoms with Gasteiger partial charge >= 0.3 is 0 Å². The Labute approximate surface area is 178 Å². The molecule has 1 saturated heterocycles. The van der Waals surface area contributed by atoms with E-state index in [4.69, 9.17) is 36.8 Å². The molecular formula is C21H20Cl2N2O4. The fourth-order valence-corrected chi connectivity index (χ4v) is 3.55. The molecule has 152 valence electrons. The average Bonchev–Trinajstić information content (AvgIpc) is 3.41. The van der Waals surface area contributed by atoms with E-state index >= 15 is 0 Å². The van der Waals surface area contributed by atoms with Crippen molar-refractivity contribution in [3.05, 3.63) is 76.1 Å². The summed E-state index contributed by atoms with van der Waals surface area (Å²) in [6.07, 6.45) is 1.67. The number of piperazine rings is 1. The standard InChI is InChI=1S/C21H20Cl2N2O4/c22-17-4-1-5-18(20(17)23)28-14-16-6-7-19(29-16)21(26)25-10-8-24(9-11-25)13-15-3-2-12-27-15/h1-7,12H,8-11,13-14H2. The second kappa shape index (κ2) is 8.95. The van der Waals surface area contributed by atoms with Gasteiger partial charge in [-0.05, 0) is 36.4 Å². The first-order chi connectivity index (χ1) is 14.1. The van der Waals surface area contributed by atoms with E-state index in [0.29, 0.717) is 40.4 Å². The minimum Gasteiger partial charge on any atom is -0.484 e. The molecule has 2 aromatic heterocycles. The van der Waals surface area contributed by atoms with E-state index in [2.05, 4.69) is 4.90 Å². The van der Waals surface area contributed by atoms with Crippen molar-refractivity contribution in [2.45, 2.75) is 13.2 Å². The third-order valence-electron chi connectivity index (χ3n) is 4.78. The molecule has 8 heteroatoms. The van der Waals surface area contributed by atoms with Crippen molar-refractivity contribution in [1.82, 2.24) is 9.80 Å². The average molecular weight is 435 g/mol. The summed E-state index contributed by atoms with van der Waals surface area (Å²) in [5, 5.41) is 0.773. The van der Waals surface area contributed by atoms with Crippen LogP contribution in [-0.2, 0) is 13.2 Å². The van der Waals surface area contributed by atoms with Gasteiger partial charge in [0.25, 0.3) is 5.91 Å². The van der Waals surface area contributed by atoms with E-state index in [1.54, 1.807) is 41.5 Å². The maximum atomic E-state index is 12.7. The topological polar surface area (TPSA) is 59.1 Å². The molecule has 0 radical (unpaired) electrons. The summed E-state index contributed by atoms with van der Waals surface area (Å²) in [5.41, 5.74) is 0. The van der Waals surface area contributed by atoms with Gasteiger partial charge in [0.15, 0.2) is 5.76 Å². The highest BCUT2D eigenvalue weighted by Crippen LogP contribution is 2.32. The van der Waals surface area contributed by atoms with Gasteiger partial charge in [-0.2, -0.15) is 0 Å². The van der Waals surface area contributed by atoms with Gasteiger partial charge in [0.2, 0.25) is 0 Å². The van der Waals surface area contributed by atoms with Crippen molar-refractivity contribution in [3.8, 4) is 5.75 Å². The highest BCUT2D eigenvalue weighted by Gasteiger charge is 2.24. The first-order valence-electron chi connectivity index (χ1n) is 9.29. The molecule has 0 saturated carbocycles. The van der Waals surface area contributed by atoms with Crippen LogP contribution in [0.2, 0.25) is 10.0 Å². The Bertz CT molecular complexity index is 963. The van der Waals surface area contributed by atoms with Crippen molar-refractivity contribution < 1.29 is 18.4 Å². The van der Waals surface area contributed by atoms with E-state index in [1.807, 2.05) is 12.1 Å². The molecule has 4 rings (SSSR count). The lowest BCUT2D eigenvalue weighted by Crippen LogP contribution is -2.48. The van der Waals surface area contributed by atoms with Crippen molar-refractivity contribution in [2.75, 3.05) is 26.2 Å². The van der Waals surface area contributed by atoms with Crippen molar-refractivity contribution >= 4 is 29.1 Å². The molecule has 29 heavy (non-hydrogen) atoms. The van der Waals surface area contributed by atoms with Gasteiger partial charge in [-0.25, -0.2) is 0 Å². The Morgan fingerprint density at radius 1 is 1.00 bits per heavy atom. The Hall–Kier alpha value is -2.41. The molecular weight excluding hydrogens is 415 g/mol. The van der Waals surface area contributed by atoms with Crippen LogP contribution in [0.3, 0.4) is 0 Å². The summed E-state index contributed by atoms with van der Waals surface area (Å²) < 4.78 is 16.7. The van der Waals surface area contributed by atoms with Crippen LogP contribution in [0.25, 0.3) is 0 Å². The van der Waals surface area contributed by atoms with Crippen LogP contribution in [-0.4, -0.2) is 41.9 Å². The third kappa shape index (κ3) is 4.78. The van der Waals surface area contributed by atoms with Gasteiger partial charge in [-0.1, -0.05) is 29.3 Å². The molecule has 6 nitrogen and oxygen atoms in total. The van der Waals surface area contributed by atoms with Crippen molar-refractivity contribution in [3.63, 3.8) is 0 Å². The first kappa shape index (κ1) is 19.9. The van der Waals surface area contributed by atoms with Gasteiger partial charge < -0.3 is 18.5 Å². The largest absolute Gasteiger partial charge is 0.484 e. The van der Waals surface area contributed by atoms with Crippen LogP contribution >= 0.6 is 23.2 Å². The van der Waals surface area contributed by atoms with Gasteiger partial charge in [0, 0.05) is 26.2 Å². The minimum atomic E-state index is -0.116. The number of carbonyl (C=O) groups is 1. The van der Waals surface area contributed by atoms with Crippen LogP contribution in [0.5, 0.6) is 5.75 Å². The molecule has 0 unspecified atom stereocenters. The fourth-order valence-electron chi connectivity index (χ4n) is 3.20. The Morgan fingerprint density at radius 2 is 1.83 bits per heavy atom. The molecule has 3 heterocycles. The first-order valence-corrected chi connectivity index (χ1v) is 10.1. The molecule has 1 aromatic carbocycles. The molecule has 1 aliphatic heterocycles. The zero-order valence-electron chi connectivity index (χ0n) is 15.6. The van der Waals surface area contributed by atoms with E-state index in [-0.39, 0.29) is 12.5 Å². The molecule has 0 N–H and O–H groups in total. The summed E-state index contributed by atoms with van der Waals surface area (Å²) in [5.74, 6) is 2.13. The van der Waals surface area contributed by atoms with Gasteiger partial charge in [0.05, 0.1) is 17.8 Å². The minimum absolute atomic E-state index is 0.116. The number of halogens is 2. The molecule has 0 spiro atoms. The smallest absolute Gasteiger partial charge is 0.289 e. The third-order valence-corrected chi connectivity index (χ3v) is 5.58. The van der Waals surface area contributed by atoms with Crippen LogP contribution < -0.4 is 4.74 Å². The number of hydrogen-bond acceptors (Lipinski definition) is 5. The van der Waals surface area contributed by atoms with E-state index in [9.17, 15) is 4.79 Å². The maximum absolute atomic E-state index is 12.7. The van der Waals surface area contributed by atoms with Gasteiger partial charge in [0.1, 0.15) is 28.9 Å². The second-order valence-electron chi connectivity index (χ2n) is 6.75. The number of benzene rings is 1. The summed E-state index contributed by atoms with van der Waals surface area (Å²) in [4.78, 5) is 16.8. The Kier molecular flexibility index (Phi) is 6.13. The number of furan rings is 2. The summed E-state index contributed by atoms with van der Waals surface area (Å²) in [6, 6.07) is 12.4. The number of rotatable bonds is 6. The van der Waals surface area contributed by atoms with Crippen LogP contribution in [0.1, 0.15) is 22.1 Å². The number of carbonyl (C=O) groups excluding carboxylic acids is 1. The highest BCUT2D eigenvalue weighted by atomic mass is 35.5. The lowest BCUT2D eigenvalue weighted by atomic mass is 10.2. The molecule has 0 aliphatic carbocycles. The molecule has 1 aliphatic rings. The molecule has 3 aromatic rings. The van der Waals surface area contributed by atoms with Crippen molar-refractivity contribution in [1.29, 1.82) is 0 Å². The van der Waals surface area contributed by atoms with E-state index in [0.717, 1.165) is 25.4 Å². The number of ether oxygens (including phenoxy) is 1. The summed E-state index contributed by atoms with van der Waals surface area (Å²) in [7, 11) is 0.